The molecule has 1 heterocycles. The molecule has 0 amide bonds. The van der Waals surface area contributed by atoms with Crippen LogP contribution in [-0.4, -0.2) is 12.1 Å². The topological polar surface area (TPSA) is 61.3 Å². The summed E-state index contributed by atoms with van der Waals surface area (Å²) in [6.45, 7) is 0. The van der Waals surface area contributed by atoms with Crippen LogP contribution >= 0.6 is 0 Å². The van der Waals surface area contributed by atoms with Gasteiger partial charge in [0.1, 0.15) is 11.3 Å². The van der Waals surface area contributed by atoms with Gasteiger partial charge in [-0.3, -0.25) is 0 Å². The van der Waals surface area contributed by atoms with E-state index in [1.807, 2.05) is 36.4 Å². The Hall–Kier alpha value is -2.49. The molecule has 4 nitrogen and oxygen atoms in total. The Morgan fingerprint density at radius 1 is 1.21 bits per heavy atom. The number of nitrogen functional groups attached to an aromatic ring is 1. The third-order valence-corrected chi connectivity index (χ3v) is 2.99. The highest BCUT2D eigenvalue weighted by Crippen LogP contribution is 2.24. The van der Waals surface area contributed by atoms with Crippen LogP contribution in [0.5, 0.6) is 5.75 Å². The van der Waals surface area contributed by atoms with Crippen LogP contribution in [0, 0.1) is 0 Å². The lowest BCUT2D eigenvalue weighted by Crippen LogP contribution is -1.93. The van der Waals surface area contributed by atoms with Gasteiger partial charge in [-0.2, -0.15) is 0 Å². The lowest BCUT2D eigenvalue weighted by atomic mass is 10.1. The number of benzene rings is 2. The number of para-hydroxylation sites is 1. The molecular weight excluding hydrogens is 240 g/mol. The van der Waals surface area contributed by atoms with Crippen LogP contribution in [-0.2, 0) is 6.42 Å². The number of rotatable bonds is 3. The van der Waals surface area contributed by atoms with Gasteiger partial charge in [0.25, 0.3) is 0 Å². The zero-order valence-corrected chi connectivity index (χ0v) is 10.6. The summed E-state index contributed by atoms with van der Waals surface area (Å²) in [4.78, 5) is 4.44. The highest BCUT2D eigenvalue weighted by atomic mass is 16.5. The van der Waals surface area contributed by atoms with Crippen LogP contribution < -0.4 is 10.5 Å². The second-order valence-corrected chi connectivity index (χ2v) is 4.32. The first-order chi connectivity index (χ1) is 9.26. The minimum Gasteiger partial charge on any atom is -0.496 e. The normalized spacial score (nSPS) is 10.8. The van der Waals surface area contributed by atoms with Crippen molar-refractivity contribution < 1.29 is 9.15 Å². The molecule has 19 heavy (non-hydrogen) atoms. The number of anilines is 1. The van der Waals surface area contributed by atoms with Gasteiger partial charge < -0.3 is 14.9 Å². The van der Waals surface area contributed by atoms with E-state index in [4.69, 9.17) is 14.9 Å². The van der Waals surface area contributed by atoms with Gasteiger partial charge in [-0.05, 0) is 24.3 Å². The molecular formula is C15H14N2O2. The molecule has 0 saturated heterocycles. The summed E-state index contributed by atoms with van der Waals surface area (Å²) in [7, 11) is 1.66. The third-order valence-electron chi connectivity index (χ3n) is 2.99. The average Bonchev–Trinajstić information content (AvgIpc) is 2.80. The zero-order chi connectivity index (χ0) is 13.2. The van der Waals surface area contributed by atoms with Crippen LogP contribution in [0.2, 0.25) is 0 Å². The molecule has 0 fully saturated rings. The van der Waals surface area contributed by atoms with Gasteiger partial charge in [-0.15, -0.1) is 0 Å². The molecule has 0 atom stereocenters. The van der Waals surface area contributed by atoms with Crippen LogP contribution in [0.4, 0.5) is 5.69 Å². The summed E-state index contributed by atoms with van der Waals surface area (Å²) >= 11 is 0. The van der Waals surface area contributed by atoms with E-state index in [0.29, 0.717) is 18.0 Å². The molecule has 0 radical (unpaired) electrons. The van der Waals surface area contributed by atoms with Crippen molar-refractivity contribution in [3.63, 3.8) is 0 Å². The molecule has 0 spiro atoms. The van der Waals surface area contributed by atoms with Gasteiger partial charge in [-0.25, -0.2) is 4.98 Å². The fourth-order valence-corrected chi connectivity index (χ4v) is 2.08. The Morgan fingerprint density at radius 3 is 2.89 bits per heavy atom. The smallest absolute Gasteiger partial charge is 0.200 e. The Bertz CT molecular complexity index is 719. The molecule has 2 N–H and O–H groups in total. The largest absolute Gasteiger partial charge is 0.496 e. The van der Waals surface area contributed by atoms with E-state index in [1.165, 1.54) is 0 Å². The minimum atomic E-state index is 0.596. The van der Waals surface area contributed by atoms with Crippen LogP contribution in [0.25, 0.3) is 11.1 Å². The van der Waals surface area contributed by atoms with E-state index in [-0.39, 0.29) is 0 Å². The number of hydrogen-bond acceptors (Lipinski definition) is 4. The maximum Gasteiger partial charge on any atom is 0.200 e. The first-order valence-electron chi connectivity index (χ1n) is 6.03. The quantitative estimate of drug-likeness (QED) is 0.730. The monoisotopic (exact) mass is 254 g/mol. The predicted octanol–water partition coefficient (Wildman–Crippen LogP) is 3.01. The zero-order valence-electron chi connectivity index (χ0n) is 10.6. The SMILES string of the molecule is COc1ccccc1Cc1nc2cc(N)ccc2o1. The fourth-order valence-electron chi connectivity index (χ4n) is 2.08. The number of hydrogen-bond donors (Lipinski definition) is 1. The molecule has 4 heteroatoms. The average molecular weight is 254 g/mol. The Balaban J connectivity index is 1.96. The molecule has 0 aliphatic rings. The van der Waals surface area contributed by atoms with E-state index in [0.717, 1.165) is 22.4 Å². The Morgan fingerprint density at radius 2 is 2.05 bits per heavy atom. The molecule has 0 aliphatic carbocycles. The summed E-state index contributed by atoms with van der Waals surface area (Å²) in [6, 6.07) is 13.3. The fraction of sp³-hybridized carbons (Fsp3) is 0.133. The van der Waals surface area contributed by atoms with E-state index in [1.54, 1.807) is 13.2 Å². The van der Waals surface area contributed by atoms with E-state index >= 15 is 0 Å². The second kappa shape index (κ2) is 4.65. The number of ether oxygens (including phenoxy) is 1. The molecule has 0 unspecified atom stereocenters. The van der Waals surface area contributed by atoms with Gasteiger partial charge in [0.15, 0.2) is 11.5 Å². The number of fused-ring (bicyclic) bond motifs is 1. The van der Waals surface area contributed by atoms with Crippen molar-refractivity contribution in [1.82, 2.24) is 4.98 Å². The number of nitrogens with two attached hydrogens (primary N) is 1. The number of methoxy groups -OCH3 is 1. The van der Waals surface area contributed by atoms with Crippen molar-refractivity contribution in [3.8, 4) is 5.75 Å². The van der Waals surface area contributed by atoms with Gasteiger partial charge in [0.05, 0.1) is 13.5 Å². The summed E-state index contributed by atoms with van der Waals surface area (Å²) in [5.74, 6) is 1.49. The van der Waals surface area contributed by atoms with Crippen LogP contribution in [0.1, 0.15) is 11.5 Å². The van der Waals surface area contributed by atoms with Crippen molar-refractivity contribution in [1.29, 1.82) is 0 Å². The van der Waals surface area contributed by atoms with Crippen molar-refractivity contribution in [2.75, 3.05) is 12.8 Å². The Kier molecular flexibility index (Phi) is 2.83. The van der Waals surface area contributed by atoms with E-state index < -0.39 is 0 Å². The predicted molar refractivity (Wildman–Crippen MR) is 74.2 cm³/mol. The molecule has 1 aromatic heterocycles. The van der Waals surface area contributed by atoms with Crippen molar-refractivity contribution in [2.45, 2.75) is 6.42 Å². The molecule has 0 aliphatic heterocycles. The van der Waals surface area contributed by atoms with Gasteiger partial charge >= 0.3 is 0 Å². The summed E-state index contributed by atoms with van der Waals surface area (Å²) < 4.78 is 11.0. The lowest BCUT2D eigenvalue weighted by molar-refractivity contribution is 0.408. The second-order valence-electron chi connectivity index (χ2n) is 4.32. The molecule has 0 saturated carbocycles. The van der Waals surface area contributed by atoms with Gasteiger partial charge in [-0.1, -0.05) is 18.2 Å². The summed E-state index contributed by atoms with van der Waals surface area (Å²) in [6.07, 6.45) is 0.596. The third kappa shape index (κ3) is 2.25. The van der Waals surface area contributed by atoms with Gasteiger partial charge in [0, 0.05) is 11.3 Å². The minimum absolute atomic E-state index is 0.596. The first-order valence-corrected chi connectivity index (χ1v) is 6.03. The molecule has 0 bridgehead atoms. The first kappa shape index (κ1) is 11.6. The maximum atomic E-state index is 5.73. The van der Waals surface area contributed by atoms with E-state index in [9.17, 15) is 0 Å². The lowest BCUT2D eigenvalue weighted by Gasteiger charge is -2.05. The van der Waals surface area contributed by atoms with Gasteiger partial charge in [0.2, 0.25) is 0 Å². The summed E-state index contributed by atoms with van der Waals surface area (Å²) in [5, 5.41) is 0. The molecule has 2 aromatic carbocycles. The van der Waals surface area contributed by atoms with Crippen molar-refractivity contribution >= 4 is 16.8 Å². The molecule has 3 aromatic rings. The highest BCUT2D eigenvalue weighted by molar-refractivity contribution is 5.76. The number of oxazole rings is 1. The van der Waals surface area contributed by atoms with Crippen molar-refractivity contribution in [2.24, 2.45) is 0 Å². The summed E-state index contributed by atoms with van der Waals surface area (Å²) in [5.41, 5.74) is 8.99. The maximum absolute atomic E-state index is 5.73. The standard InChI is InChI=1S/C15H14N2O2/c1-18-13-5-3-2-4-10(13)8-15-17-12-9-11(16)6-7-14(12)19-15/h2-7,9H,8,16H2,1H3. The molecule has 3 rings (SSSR count). The van der Waals surface area contributed by atoms with E-state index in [2.05, 4.69) is 4.98 Å². The highest BCUT2D eigenvalue weighted by Gasteiger charge is 2.09. The van der Waals surface area contributed by atoms with Crippen LogP contribution in [0.15, 0.2) is 46.9 Å². The molecule has 96 valence electrons. The van der Waals surface area contributed by atoms with Crippen LogP contribution in [0.3, 0.4) is 0 Å². The number of aromatic nitrogens is 1. The Labute approximate surface area is 110 Å². The number of nitrogens with zero attached hydrogens (tertiary/aromatic N) is 1. The van der Waals surface area contributed by atoms with Crippen molar-refractivity contribution in [3.05, 3.63) is 53.9 Å².